The van der Waals surface area contributed by atoms with Crippen LogP contribution < -0.4 is 15.4 Å². The predicted molar refractivity (Wildman–Crippen MR) is 225 cm³/mol. The van der Waals surface area contributed by atoms with Gasteiger partial charge in [-0.05, 0) is 128 Å². The van der Waals surface area contributed by atoms with Gasteiger partial charge in [0.25, 0.3) is 5.56 Å². The standard InChI is InChI=1S/C46H49BrF2N6O4/c47-34-6-4-7-37-41(34)43(58)50-45-46(17-2-1-3-18-46)33-11-10-29(24-38(33)54(37)45)28-12-19-51(20-13-28)31-15-22-52(23-16-31)44(59)30-14-21-53(27-30)32-25-35(48)42(36(49)26-32)55-39(56)8-5-9-40(55)57/h4,6-7,10-11,24-26,28,30-31H,1-3,5,8-9,12-23,27H2/t30-/m1/s1. The second-order valence-electron chi connectivity index (χ2n) is 17.7. The zero-order valence-electron chi connectivity index (χ0n) is 33.2. The molecule has 1 spiro atoms. The van der Waals surface area contributed by atoms with E-state index in [0.717, 1.165) is 80.3 Å². The van der Waals surface area contributed by atoms with E-state index < -0.39 is 29.1 Å². The minimum Gasteiger partial charge on any atom is -0.371 e. The SMILES string of the molecule is O=C([C@@H]1CCN(c2cc(F)c(N3C(=O)CCCC3=O)c(F)c2)C1)N1CCC(N2CCC(c3ccc4c(c3)-n3c(nc(=O)c5c(Br)cccc53)C43CCCCC3)CC2)CC1. The summed E-state index contributed by atoms with van der Waals surface area (Å²) < 4.78 is 33.6. The average Bonchev–Trinajstić information content (AvgIpc) is 3.84. The van der Waals surface area contributed by atoms with Crippen molar-refractivity contribution in [3.05, 3.63) is 91.9 Å². The van der Waals surface area contributed by atoms with E-state index in [4.69, 9.17) is 4.98 Å². The van der Waals surface area contributed by atoms with Crippen LogP contribution in [0.5, 0.6) is 0 Å². The van der Waals surface area contributed by atoms with Crippen molar-refractivity contribution in [2.45, 2.75) is 101 Å². The molecular weight excluding hydrogens is 818 g/mol. The second kappa shape index (κ2) is 15.2. The molecule has 3 aromatic carbocycles. The number of halogens is 3. The molecule has 1 atom stereocenters. The molecule has 13 heteroatoms. The fourth-order valence-electron chi connectivity index (χ4n) is 11.4. The molecule has 6 aliphatic rings. The summed E-state index contributed by atoms with van der Waals surface area (Å²) in [6, 6.07) is 15.8. The number of anilines is 2. The predicted octanol–water partition coefficient (Wildman–Crippen LogP) is 7.73. The number of amides is 3. The van der Waals surface area contributed by atoms with E-state index in [-0.39, 0.29) is 35.6 Å². The maximum atomic E-state index is 15.3. The number of rotatable bonds is 5. The van der Waals surface area contributed by atoms with Crippen molar-refractivity contribution < 1.29 is 23.2 Å². The quantitative estimate of drug-likeness (QED) is 0.190. The Hall–Kier alpha value is -4.49. The fourth-order valence-corrected chi connectivity index (χ4v) is 11.9. The Balaban J connectivity index is 0.770. The summed E-state index contributed by atoms with van der Waals surface area (Å²) in [6.07, 6.45) is 10.6. The summed E-state index contributed by atoms with van der Waals surface area (Å²) >= 11 is 3.64. The van der Waals surface area contributed by atoms with E-state index in [9.17, 15) is 19.2 Å². The summed E-state index contributed by atoms with van der Waals surface area (Å²) in [5.74, 6) is -1.91. The van der Waals surface area contributed by atoms with Crippen LogP contribution in [0.15, 0.2) is 57.8 Å². The fraction of sp³-hybridized carbons (Fsp3) is 0.500. The third-order valence-corrected chi connectivity index (χ3v) is 15.1. The summed E-state index contributed by atoms with van der Waals surface area (Å²) in [4.78, 5) is 63.7. The Bertz CT molecular complexity index is 2390. The van der Waals surface area contributed by atoms with Crippen molar-refractivity contribution in [2.24, 2.45) is 5.92 Å². The molecule has 0 N–H and O–H groups in total. The van der Waals surface area contributed by atoms with E-state index in [0.29, 0.717) is 67.0 Å². The van der Waals surface area contributed by atoms with Crippen molar-refractivity contribution in [3.8, 4) is 5.69 Å². The number of hydrogen-bond donors (Lipinski definition) is 0. The molecule has 1 aromatic heterocycles. The zero-order valence-corrected chi connectivity index (χ0v) is 34.8. The number of likely N-dealkylation sites (tertiary alicyclic amines) is 2. The molecule has 10 rings (SSSR count). The van der Waals surface area contributed by atoms with E-state index in [1.54, 1.807) is 0 Å². The van der Waals surface area contributed by atoms with Crippen LogP contribution in [0.1, 0.15) is 106 Å². The number of nitrogens with zero attached hydrogens (tertiary/aromatic N) is 6. The molecule has 4 aromatic rings. The lowest BCUT2D eigenvalue weighted by molar-refractivity contribution is -0.136. The van der Waals surface area contributed by atoms with Crippen LogP contribution in [0.4, 0.5) is 20.2 Å². The number of carbonyl (C=O) groups is 3. The van der Waals surface area contributed by atoms with Crippen LogP contribution >= 0.6 is 15.9 Å². The van der Waals surface area contributed by atoms with Crippen LogP contribution in [0.2, 0.25) is 0 Å². The Labute approximate surface area is 350 Å². The van der Waals surface area contributed by atoms with Crippen LogP contribution in [-0.4, -0.2) is 82.4 Å². The third-order valence-electron chi connectivity index (χ3n) is 14.5. The highest BCUT2D eigenvalue weighted by molar-refractivity contribution is 9.10. The summed E-state index contributed by atoms with van der Waals surface area (Å²) in [6.45, 7) is 4.27. The van der Waals surface area contributed by atoms with Crippen molar-refractivity contribution in [1.82, 2.24) is 19.4 Å². The first kappa shape index (κ1) is 38.7. The van der Waals surface area contributed by atoms with Crippen molar-refractivity contribution >= 4 is 55.9 Å². The number of benzene rings is 3. The molecule has 5 aliphatic heterocycles. The van der Waals surface area contributed by atoms with E-state index >= 15 is 8.78 Å². The van der Waals surface area contributed by atoms with E-state index in [1.807, 2.05) is 21.9 Å². The molecule has 6 heterocycles. The average molecular weight is 868 g/mol. The molecule has 3 amide bonds. The van der Waals surface area contributed by atoms with Gasteiger partial charge in [0.1, 0.15) is 11.5 Å². The number of aromatic nitrogens is 2. The molecule has 308 valence electrons. The zero-order chi connectivity index (χ0) is 40.6. The monoisotopic (exact) mass is 866 g/mol. The number of piperidine rings is 3. The molecule has 1 saturated carbocycles. The van der Waals surface area contributed by atoms with Crippen LogP contribution in [0.25, 0.3) is 16.6 Å². The first-order valence-corrected chi connectivity index (χ1v) is 22.4. The highest BCUT2D eigenvalue weighted by Crippen LogP contribution is 2.52. The molecule has 4 saturated heterocycles. The molecule has 1 aliphatic carbocycles. The molecule has 0 radical (unpaired) electrons. The Morgan fingerprint density at radius 1 is 0.797 bits per heavy atom. The normalized spacial score (nSPS) is 22.8. The third kappa shape index (κ3) is 6.52. The molecule has 0 unspecified atom stereocenters. The molecular formula is C46H49BrF2N6O4. The summed E-state index contributed by atoms with van der Waals surface area (Å²) in [5.41, 5.74) is 4.09. The highest BCUT2D eigenvalue weighted by Gasteiger charge is 2.47. The molecule has 5 fully saturated rings. The Kier molecular flexibility index (Phi) is 9.97. The van der Waals surface area contributed by atoms with Crippen molar-refractivity contribution in [1.29, 1.82) is 0 Å². The molecule has 10 nitrogen and oxygen atoms in total. The van der Waals surface area contributed by atoms with Crippen LogP contribution in [0, 0.1) is 17.6 Å². The van der Waals surface area contributed by atoms with Gasteiger partial charge in [-0.1, -0.05) is 37.5 Å². The molecule has 0 bridgehead atoms. The van der Waals surface area contributed by atoms with Gasteiger partial charge in [0, 0.05) is 55.2 Å². The number of imide groups is 1. The Morgan fingerprint density at radius 2 is 1.51 bits per heavy atom. The van der Waals surface area contributed by atoms with Gasteiger partial charge in [0.2, 0.25) is 17.7 Å². The lowest BCUT2D eigenvalue weighted by Gasteiger charge is -2.42. The maximum Gasteiger partial charge on any atom is 0.281 e. The molecule has 59 heavy (non-hydrogen) atoms. The first-order chi connectivity index (χ1) is 28.6. The van der Waals surface area contributed by atoms with Crippen LogP contribution in [0.3, 0.4) is 0 Å². The second-order valence-corrected chi connectivity index (χ2v) is 18.5. The van der Waals surface area contributed by atoms with E-state index in [1.165, 1.54) is 35.4 Å². The highest BCUT2D eigenvalue weighted by atomic mass is 79.9. The number of fused-ring (bicyclic) bond motifs is 7. The first-order valence-electron chi connectivity index (χ1n) is 21.6. The smallest absolute Gasteiger partial charge is 0.281 e. The topological polar surface area (TPSA) is 99.1 Å². The number of hydrogen-bond acceptors (Lipinski definition) is 7. The van der Waals surface area contributed by atoms with Crippen LogP contribution in [-0.2, 0) is 19.8 Å². The van der Waals surface area contributed by atoms with E-state index in [2.05, 4.69) is 49.7 Å². The van der Waals surface area contributed by atoms with Gasteiger partial charge < -0.3 is 14.7 Å². The van der Waals surface area contributed by atoms with Crippen molar-refractivity contribution in [2.75, 3.05) is 49.1 Å². The van der Waals surface area contributed by atoms with Gasteiger partial charge >= 0.3 is 0 Å². The Morgan fingerprint density at radius 3 is 2.22 bits per heavy atom. The van der Waals surface area contributed by atoms with Gasteiger partial charge in [-0.2, -0.15) is 4.98 Å². The van der Waals surface area contributed by atoms with Gasteiger partial charge in [-0.3, -0.25) is 23.7 Å². The van der Waals surface area contributed by atoms with Gasteiger partial charge in [0.15, 0.2) is 11.6 Å². The van der Waals surface area contributed by atoms with Crippen molar-refractivity contribution in [3.63, 3.8) is 0 Å². The van der Waals surface area contributed by atoms with Gasteiger partial charge in [-0.25, -0.2) is 13.7 Å². The van der Waals surface area contributed by atoms with Gasteiger partial charge in [0.05, 0.1) is 27.9 Å². The lowest BCUT2D eigenvalue weighted by atomic mass is 9.69. The largest absolute Gasteiger partial charge is 0.371 e. The minimum atomic E-state index is -0.950. The number of carbonyl (C=O) groups excluding carboxylic acids is 3. The lowest BCUT2D eigenvalue weighted by Crippen LogP contribution is -2.50. The summed E-state index contributed by atoms with van der Waals surface area (Å²) in [5, 5.41) is 0.634. The summed E-state index contributed by atoms with van der Waals surface area (Å²) in [7, 11) is 0. The maximum absolute atomic E-state index is 15.3. The van der Waals surface area contributed by atoms with Gasteiger partial charge in [-0.15, -0.1) is 0 Å². The minimum absolute atomic E-state index is 0.0752.